The van der Waals surface area contributed by atoms with E-state index >= 15 is 0 Å². The Morgan fingerprint density at radius 1 is 1.08 bits per heavy atom. The Kier molecular flexibility index (Phi) is 4.17. The zero-order valence-corrected chi connectivity index (χ0v) is 13.9. The number of aromatic nitrogens is 3. The molecular formula is C20H19N5. The molecule has 0 amide bonds. The number of para-hydroxylation sites is 1. The van der Waals surface area contributed by atoms with Crippen molar-refractivity contribution in [3.63, 3.8) is 0 Å². The Labute approximate surface area is 147 Å². The molecule has 2 aromatic heterocycles. The molecule has 1 N–H and O–H groups in total. The van der Waals surface area contributed by atoms with Gasteiger partial charge in [0, 0.05) is 54.4 Å². The Balaban J connectivity index is 1.65. The maximum Gasteiger partial charge on any atom is 0.101 e. The number of hydrogen-bond acceptors (Lipinski definition) is 4. The van der Waals surface area contributed by atoms with Crippen molar-refractivity contribution >= 4 is 5.69 Å². The van der Waals surface area contributed by atoms with Crippen molar-refractivity contribution in [2.75, 3.05) is 18.0 Å². The minimum Gasteiger partial charge on any atom is -0.370 e. The van der Waals surface area contributed by atoms with E-state index in [0.29, 0.717) is 5.92 Å². The molecule has 4 rings (SSSR count). The van der Waals surface area contributed by atoms with E-state index in [9.17, 15) is 5.26 Å². The molecule has 0 aliphatic carbocycles. The van der Waals surface area contributed by atoms with E-state index in [2.05, 4.69) is 32.0 Å². The number of hydrogen-bond donors (Lipinski definition) is 1. The van der Waals surface area contributed by atoms with Crippen molar-refractivity contribution in [1.29, 1.82) is 5.26 Å². The van der Waals surface area contributed by atoms with Crippen LogP contribution in [0.25, 0.3) is 11.1 Å². The first-order valence-electron chi connectivity index (χ1n) is 8.53. The summed E-state index contributed by atoms with van der Waals surface area (Å²) >= 11 is 0. The summed E-state index contributed by atoms with van der Waals surface area (Å²) < 4.78 is 0. The maximum absolute atomic E-state index is 9.62. The molecule has 3 aromatic rings. The lowest BCUT2D eigenvalue weighted by molar-refractivity contribution is 0.498. The summed E-state index contributed by atoms with van der Waals surface area (Å²) in [6.45, 7) is 1.85. The number of rotatable bonds is 3. The van der Waals surface area contributed by atoms with E-state index in [-0.39, 0.29) is 0 Å². The molecule has 3 heterocycles. The van der Waals surface area contributed by atoms with Crippen LogP contribution in [-0.4, -0.2) is 28.0 Å². The molecule has 1 fully saturated rings. The van der Waals surface area contributed by atoms with Gasteiger partial charge in [-0.1, -0.05) is 18.2 Å². The van der Waals surface area contributed by atoms with Crippen LogP contribution in [0.4, 0.5) is 5.69 Å². The highest BCUT2D eigenvalue weighted by Gasteiger charge is 2.25. The number of benzene rings is 1. The number of nitrogens with one attached hydrogen (secondary N) is 1. The number of H-pyrrole nitrogens is 1. The molecule has 0 unspecified atom stereocenters. The van der Waals surface area contributed by atoms with Gasteiger partial charge in [0.05, 0.1) is 17.6 Å². The molecule has 0 spiro atoms. The lowest BCUT2D eigenvalue weighted by atomic mass is 9.92. The molecule has 1 saturated heterocycles. The van der Waals surface area contributed by atoms with Gasteiger partial charge in [-0.3, -0.25) is 4.98 Å². The van der Waals surface area contributed by atoms with Crippen LogP contribution < -0.4 is 4.90 Å². The van der Waals surface area contributed by atoms with Crippen LogP contribution in [0.3, 0.4) is 0 Å². The van der Waals surface area contributed by atoms with E-state index < -0.39 is 0 Å². The molecule has 25 heavy (non-hydrogen) atoms. The van der Waals surface area contributed by atoms with Crippen LogP contribution in [-0.2, 0) is 0 Å². The fourth-order valence-electron chi connectivity index (χ4n) is 3.63. The second-order valence-electron chi connectivity index (χ2n) is 6.32. The third-order valence-electron chi connectivity index (χ3n) is 4.90. The van der Waals surface area contributed by atoms with E-state index in [4.69, 9.17) is 0 Å². The standard InChI is InChI=1S/C20H19N5/c21-11-16-3-1-5-18(17-4-2-8-22-12-17)20(16)25-9-6-15(7-10-25)19-13-23-14-24-19/h1-5,8,12-15H,6-7,9-10H2,(H,23,24). The van der Waals surface area contributed by atoms with Crippen LogP contribution >= 0.6 is 0 Å². The molecule has 5 heteroatoms. The van der Waals surface area contributed by atoms with Crippen molar-refractivity contribution < 1.29 is 0 Å². The average Bonchev–Trinajstić information content (AvgIpc) is 3.23. The first-order valence-corrected chi connectivity index (χ1v) is 8.53. The van der Waals surface area contributed by atoms with Crippen LogP contribution in [0.5, 0.6) is 0 Å². The monoisotopic (exact) mass is 329 g/mol. The maximum atomic E-state index is 9.62. The second-order valence-corrected chi connectivity index (χ2v) is 6.32. The largest absolute Gasteiger partial charge is 0.370 e. The fourth-order valence-corrected chi connectivity index (χ4v) is 3.63. The SMILES string of the molecule is N#Cc1cccc(-c2cccnc2)c1N1CCC(c2cnc[nH]2)CC1. The molecular weight excluding hydrogens is 310 g/mol. The highest BCUT2D eigenvalue weighted by molar-refractivity contribution is 5.82. The smallest absolute Gasteiger partial charge is 0.101 e. The molecule has 0 atom stereocenters. The van der Waals surface area contributed by atoms with Gasteiger partial charge in [-0.15, -0.1) is 0 Å². The Morgan fingerprint density at radius 3 is 2.64 bits per heavy atom. The molecule has 5 nitrogen and oxygen atoms in total. The highest BCUT2D eigenvalue weighted by atomic mass is 15.1. The number of anilines is 1. The Morgan fingerprint density at radius 2 is 1.96 bits per heavy atom. The Hall–Kier alpha value is -3.13. The van der Waals surface area contributed by atoms with E-state index in [0.717, 1.165) is 48.3 Å². The number of pyridine rings is 1. The summed E-state index contributed by atoms with van der Waals surface area (Å²) in [6, 6.07) is 12.3. The summed E-state index contributed by atoms with van der Waals surface area (Å²) in [4.78, 5) is 13.9. The van der Waals surface area contributed by atoms with Gasteiger partial charge in [0.1, 0.15) is 6.07 Å². The van der Waals surface area contributed by atoms with Crippen LogP contribution in [0, 0.1) is 11.3 Å². The first kappa shape index (κ1) is 15.4. The van der Waals surface area contributed by atoms with Crippen LogP contribution in [0.1, 0.15) is 30.0 Å². The molecule has 0 radical (unpaired) electrons. The highest BCUT2D eigenvalue weighted by Crippen LogP contribution is 2.37. The van der Waals surface area contributed by atoms with Crippen LogP contribution in [0.15, 0.2) is 55.2 Å². The Bertz CT molecular complexity index is 872. The quantitative estimate of drug-likeness (QED) is 0.795. The van der Waals surface area contributed by atoms with Gasteiger partial charge in [-0.05, 0) is 25.0 Å². The summed E-state index contributed by atoms with van der Waals surface area (Å²) in [6.07, 6.45) is 9.39. The summed E-state index contributed by atoms with van der Waals surface area (Å²) in [7, 11) is 0. The number of nitriles is 1. The van der Waals surface area contributed by atoms with E-state index in [1.54, 1.807) is 12.5 Å². The van der Waals surface area contributed by atoms with Crippen molar-refractivity contribution in [2.24, 2.45) is 0 Å². The first-order chi connectivity index (χ1) is 12.4. The zero-order chi connectivity index (χ0) is 17.1. The number of nitrogens with zero attached hydrogens (tertiary/aromatic N) is 4. The van der Waals surface area contributed by atoms with Gasteiger partial charge in [0.2, 0.25) is 0 Å². The summed E-state index contributed by atoms with van der Waals surface area (Å²) in [5, 5.41) is 9.62. The lowest BCUT2D eigenvalue weighted by Crippen LogP contribution is -2.33. The topological polar surface area (TPSA) is 68.6 Å². The normalized spacial score (nSPS) is 15.1. The zero-order valence-electron chi connectivity index (χ0n) is 13.9. The minimum atomic E-state index is 0.509. The van der Waals surface area contributed by atoms with Gasteiger partial charge < -0.3 is 9.88 Å². The molecule has 0 saturated carbocycles. The predicted octanol–water partition coefficient (Wildman–Crippen LogP) is 3.73. The van der Waals surface area contributed by atoms with Crippen molar-refractivity contribution in [1.82, 2.24) is 15.0 Å². The van der Waals surface area contributed by atoms with Crippen molar-refractivity contribution in [2.45, 2.75) is 18.8 Å². The third kappa shape index (κ3) is 2.99. The molecule has 124 valence electrons. The van der Waals surface area contributed by atoms with Gasteiger partial charge in [0.15, 0.2) is 0 Å². The predicted molar refractivity (Wildman–Crippen MR) is 97.2 cm³/mol. The number of aromatic amines is 1. The third-order valence-corrected chi connectivity index (χ3v) is 4.90. The molecule has 1 aliphatic heterocycles. The van der Waals surface area contributed by atoms with Gasteiger partial charge in [-0.2, -0.15) is 5.26 Å². The second kappa shape index (κ2) is 6.78. The van der Waals surface area contributed by atoms with E-state index in [1.165, 1.54) is 5.69 Å². The van der Waals surface area contributed by atoms with Crippen molar-refractivity contribution in [3.8, 4) is 17.2 Å². The minimum absolute atomic E-state index is 0.509. The number of piperidine rings is 1. The van der Waals surface area contributed by atoms with Gasteiger partial charge >= 0.3 is 0 Å². The molecule has 1 aliphatic rings. The molecule has 0 bridgehead atoms. The van der Waals surface area contributed by atoms with Crippen molar-refractivity contribution in [3.05, 3.63) is 66.5 Å². The van der Waals surface area contributed by atoms with Gasteiger partial charge in [0.25, 0.3) is 0 Å². The molecule has 1 aromatic carbocycles. The van der Waals surface area contributed by atoms with Crippen LogP contribution in [0.2, 0.25) is 0 Å². The summed E-state index contributed by atoms with van der Waals surface area (Å²) in [5.41, 5.74) is 5.08. The number of imidazole rings is 1. The van der Waals surface area contributed by atoms with Gasteiger partial charge in [-0.25, -0.2) is 4.98 Å². The average molecular weight is 329 g/mol. The van der Waals surface area contributed by atoms with E-state index in [1.807, 2.05) is 36.7 Å². The lowest BCUT2D eigenvalue weighted by Gasteiger charge is -2.35. The summed E-state index contributed by atoms with van der Waals surface area (Å²) in [5.74, 6) is 0.509. The fraction of sp³-hybridized carbons (Fsp3) is 0.250.